The smallest absolute Gasteiger partial charge is 0.129 e. The summed E-state index contributed by atoms with van der Waals surface area (Å²) >= 11 is 3.30. The van der Waals surface area contributed by atoms with E-state index in [0.29, 0.717) is 17.6 Å². The van der Waals surface area contributed by atoms with E-state index in [4.69, 9.17) is 5.73 Å². The molecule has 0 aliphatic heterocycles. The summed E-state index contributed by atoms with van der Waals surface area (Å²) in [6.45, 7) is 0.767. The Kier molecular flexibility index (Phi) is 2.30. The summed E-state index contributed by atoms with van der Waals surface area (Å²) in [6, 6.07) is 5.68. The molecule has 2 unspecified atom stereocenters. The molecule has 1 aromatic carbocycles. The molecular formula is C10H12BrNO. The van der Waals surface area contributed by atoms with Crippen LogP contribution in [0, 0.1) is 5.92 Å². The predicted octanol–water partition coefficient (Wildman–Crippen LogP) is 2.22. The fraction of sp³-hybridized carbons (Fsp3) is 0.400. The van der Waals surface area contributed by atoms with Crippen molar-refractivity contribution in [3.63, 3.8) is 0 Å². The van der Waals surface area contributed by atoms with Crippen LogP contribution >= 0.6 is 15.9 Å². The minimum absolute atomic E-state index is 0.300. The zero-order chi connectivity index (χ0) is 9.42. The van der Waals surface area contributed by atoms with E-state index in [-0.39, 0.29) is 0 Å². The summed E-state index contributed by atoms with van der Waals surface area (Å²) in [4.78, 5) is 0. The second-order valence-electron chi connectivity index (χ2n) is 3.55. The third-order valence-corrected chi connectivity index (χ3v) is 3.26. The minimum atomic E-state index is 0.300. The van der Waals surface area contributed by atoms with Crippen LogP contribution in [0.3, 0.4) is 0 Å². The van der Waals surface area contributed by atoms with Crippen LogP contribution in [0.15, 0.2) is 22.7 Å². The highest BCUT2D eigenvalue weighted by Gasteiger charge is 2.36. The number of phenols is 1. The van der Waals surface area contributed by atoms with Crippen LogP contribution in [0.5, 0.6) is 5.75 Å². The topological polar surface area (TPSA) is 46.2 Å². The van der Waals surface area contributed by atoms with Crippen molar-refractivity contribution < 1.29 is 5.11 Å². The predicted molar refractivity (Wildman–Crippen MR) is 55.7 cm³/mol. The Morgan fingerprint density at radius 2 is 2.31 bits per heavy atom. The second kappa shape index (κ2) is 3.31. The van der Waals surface area contributed by atoms with E-state index in [1.54, 1.807) is 6.07 Å². The molecule has 0 bridgehead atoms. The molecule has 1 aliphatic rings. The van der Waals surface area contributed by atoms with Gasteiger partial charge in [-0.25, -0.2) is 0 Å². The van der Waals surface area contributed by atoms with Gasteiger partial charge in [0.2, 0.25) is 0 Å². The van der Waals surface area contributed by atoms with Gasteiger partial charge < -0.3 is 10.8 Å². The van der Waals surface area contributed by atoms with Gasteiger partial charge in [-0.05, 0) is 58.4 Å². The summed E-state index contributed by atoms with van der Waals surface area (Å²) in [6.07, 6.45) is 1.19. The normalized spacial score (nSPS) is 26.0. The maximum atomic E-state index is 9.30. The SMILES string of the molecule is NCC1CC1c1ccc(O)c(Br)c1. The van der Waals surface area contributed by atoms with Crippen LogP contribution in [0.1, 0.15) is 17.9 Å². The molecule has 1 aliphatic carbocycles. The zero-order valence-electron chi connectivity index (χ0n) is 7.20. The maximum absolute atomic E-state index is 9.30. The molecule has 0 radical (unpaired) electrons. The lowest BCUT2D eigenvalue weighted by atomic mass is 10.1. The summed E-state index contributed by atoms with van der Waals surface area (Å²) in [5, 5.41) is 9.30. The third-order valence-electron chi connectivity index (χ3n) is 2.63. The molecule has 2 rings (SSSR count). The van der Waals surface area contributed by atoms with Gasteiger partial charge in [0.25, 0.3) is 0 Å². The Hall–Kier alpha value is -0.540. The van der Waals surface area contributed by atoms with Crippen LogP contribution < -0.4 is 5.73 Å². The van der Waals surface area contributed by atoms with Crippen molar-refractivity contribution in [1.29, 1.82) is 0 Å². The molecule has 1 fully saturated rings. The van der Waals surface area contributed by atoms with Crippen molar-refractivity contribution in [2.45, 2.75) is 12.3 Å². The number of aromatic hydroxyl groups is 1. The quantitative estimate of drug-likeness (QED) is 0.835. The Balaban J connectivity index is 2.19. The Bertz CT molecular complexity index is 327. The van der Waals surface area contributed by atoms with Crippen LogP contribution in [0.25, 0.3) is 0 Å². The first kappa shape index (κ1) is 9.03. The molecular weight excluding hydrogens is 230 g/mol. The van der Waals surface area contributed by atoms with E-state index >= 15 is 0 Å². The number of nitrogens with two attached hydrogens (primary N) is 1. The van der Waals surface area contributed by atoms with E-state index in [0.717, 1.165) is 11.0 Å². The monoisotopic (exact) mass is 241 g/mol. The first-order valence-electron chi connectivity index (χ1n) is 4.41. The molecule has 2 nitrogen and oxygen atoms in total. The highest BCUT2D eigenvalue weighted by molar-refractivity contribution is 9.10. The first-order chi connectivity index (χ1) is 6.22. The van der Waals surface area contributed by atoms with Crippen molar-refractivity contribution in [3.8, 4) is 5.75 Å². The van der Waals surface area contributed by atoms with Crippen molar-refractivity contribution in [2.24, 2.45) is 11.7 Å². The van der Waals surface area contributed by atoms with Crippen molar-refractivity contribution >= 4 is 15.9 Å². The zero-order valence-corrected chi connectivity index (χ0v) is 8.79. The van der Waals surface area contributed by atoms with E-state index in [9.17, 15) is 5.11 Å². The molecule has 3 heteroatoms. The second-order valence-corrected chi connectivity index (χ2v) is 4.40. The number of phenolic OH excluding ortho intramolecular Hbond substituents is 1. The summed E-state index contributed by atoms with van der Waals surface area (Å²) in [7, 11) is 0. The van der Waals surface area contributed by atoms with Crippen LogP contribution in [-0.2, 0) is 0 Å². The van der Waals surface area contributed by atoms with E-state index < -0.39 is 0 Å². The molecule has 0 spiro atoms. The average Bonchev–Trinajstić information content (AvgIpc) is 2.88. The van der Waals surface area contributed by atoms with Crippen molar-refractivity contribution in [2.75, 3.05) is 6.54 Å². The highest BCUT2D eigenvalue weighted by Crippen LogP contribution is 2.47. The summed E-state index contributed by atoms with van der Waals surface area (Å²) in [5.74, 6) is 1.56. The minimum Gasteiger partial charge on any atom is -0.507 e. The summed E-state index contributed by atoms with van der Waals surface area (Å²) in [5.41, 5.74) is 6.85. The molecule has 1 aromatic rings. The molecule has 0 amide bonds. The van der Waals surface area contributed by atoms with Gasteiger partial charge in [0.15, 0.2) is 0 Å². The number of hydrogen-bond acceptors (Lipinski definition) is 2. The lowest BCUT2D eigenvalue weighted by molar-refractivity contribution is 0.471. The van der Waals surface area contributed by atoms with Crippen LogP contribution in [0.2, 0.25) is 0 Å². The van der Waals surface area contributed by atoms with E-state index in [2.05, 4.69) is 15.9 Å². The molecule has 3 N–H and O–H groups in total. The van der Waals surface area contributed by atoms with Crippen molar-refractivity contribution in [1.82, 2.24) is 0 Å². The number of hydrogen-bond donors (Lipinski definition) is 2. The summed E-state index contributed by atoms with van der Waals surface area (Å²) < 4.78 is 0.771. The molecule has 1 saturated carbocycles. The van der Waals surface area contributed by atoms with Gasteiger partial charge in [0, 0.05) is 0 Å². The molecule has 0 heterocycles. The lowest BCUT2D eigenvalue weighted by Crippen LogP contribution is -2.01. The third kappa shape index (κ3) is 1.71. The molecule has 0 aromatic heterocycles. The largest absolute Gasteiger partial charge is 0.507 e. The van der Waals surface area contributed by atoms with Gasteiger partial charge in [-0.3, -0.25) is 0 Å². The molecule has 0 saturated heterocycles. The first-order valence-corrected chi connectivity index (χ1v) is 5.20. The molecule has 2 atom stereocenters. The number of benzene rings is 1. The highest BCUT2D eigenvalue weighted by atomic mass is 79.9. The average molecular weight is 242 g/mol. The number of halogens is 1. The standard InChI is InChI=1S/C10H12BrNO/c11-9-4-6(1-2-10(9)13)8-3-7(8)5-12/h1-2,4,7-8,13H,3,5,12H2. The van der Waals surface area contributed by atoms with E-state index in [1.807, 2.05) is 12.1 Å². The Morgan fingerprint density at radius 3 is 2.85 bits per heavy atom. The van der Waals surface area contributed by atoms with Gasteiger partial charge in [-0.1, -0.05) is 6.07 Å². The van der Waals surface area contributed by atoms with Gasteiger partial charge in [-0.15, -0.1) is 0 Å². The van der Waals surface area contributed by atoms with Gasteiger partial charge in [-0.2, -0.15) is 0 Å². The fourth-order valence-electron chi connectivity index (χ4n) is 1.67. The molecule has 13 heavy (non-hydrogen) atoms. The van der Waals surface area contributed by atoms with Gasteiger partial charge >= 0.3 is 0 Å². The maximum Gasteiger partial charge on any atom is 0.129 e. The van der Waals surface area contributed by atoms with Crippen LogP contribution in [-0.4, -0.2) is 11.7 Å². The lowest BCUT2D eigenvalue weighted by Gasteiger charge is -2.01. The van der Waals surface area contributed by atoms with Crippen molar-refractivity contribution in [3.05, 3.63) is 28.2 Å². The van der Waals surface area contributed by atoms with Gasteiger partial charge in [0.05, 0.1) is 4.47 Å². The fourth-order valence-corrected chi connectivity index (χ4v) is 2.07. The Labute approximate surface area is 85.9 Å². The Morgan fingerprint density at radius 1 is 1.54 bits per heavy atom. The number of rotatable bonds is 2. The van der Waals surface area contributed by atoms with E-state index in [1.165, 1.54) is 12.0 Å². The van der Waals surface area contributed by atoms with Crippen LogP contribution in [0.4, 0.5) is 0 Å². The molecule has 70 valence electrons. The van der Waals surface area contributed by atoms with Gasteiger partial charge in [0.1, 0.15) is 5.75 Å².